The summed E-state index contributed by atoms with van der Waals surface area (Å²) in [5.41, 5.74) is 5.02. The number of hydrogen-bond acceptors (Lipinski definition) is 0. The van der Waals surface area contributed by atoms with Crippen LogP contribution in [0.1, 0.15) is 107 Å². The molecule has 1 saturated carbocycles. The summed E-state index contributed by atoms with van der Waals surface area (Å²) in [6.45, 7) is 4.67. The largest absolute Gasteiger partial charge is 0.0654 e. The highest BCUT2D eigenvalue weighted by Crippen LogP contribution is 2.38. The molecule has 0 spiro atoms. The van der Waals surface area contributed by atoms with Crippen molar-refractivity contribution in [3.8, 4) is 0 Å². The minimum absolute atomic E-state index is 0.852. The summed E-state index contributed by atoms with van der Waals surface area (Å²) in [4.78, 5) is 0. The Hall–Kier alpha value is -0.780. The SMILES string of the molecule is CCCCCCC1CCc2cc(C3CCC(CC)CC3)ccc2C1. The molecule has 0 aromatic heterocycles. The molecule has 2 aliphatic carbocycles. The van der Waals surface area contributed by atoms with E-state index in [1.807, 2.05) is 0 Å². The molecule has 0 bridgehead atoms. The van der Waals surface area contributed by atoms with E-state index < -0.39 is 0 Å². The van der Waals surface area contributed by atoms with Crippen LogP contribution in [0, 0.1) is 11.8 Å². The van der Waals surface area contributed by atoms with Crippen LogP contribution < -0.4 is 0 Å². The summed E-state index contributed by atoms with van der Waals surface area (Å²) in [5.74, 6) is 2.82. The fourth-order valence-corrected chi connectivity index (χ4v) is 5.11. The van der Waals surface area contributed by atoms with Crippen molar-refractivity contribution < 1.29 is 0 Å². The van der Waals surface area contributed by atoms with Crippen LogP contribution in [-0.4, -0.2) is 0 Å². The summed E-state index contributed by atoms with van der Waals surface area (Å²) in [5, 5.41) is 0. The van der Waals surface area contributed by atoms with Crippen molar-refractivity contribution in [1.82, 2.24) is 0 Å². The lowest BCUT2D eigenvalue weighted by Gasteiger charge is -2.30. The van der Waals surface area contributed by atoms with Gasteiger partial charge in [0.25, 0.3) is 0 Å². The lowest BCUT2D eigenvalue weighted by atomic mass is 9.75. The van der Waals surface area contributed by atoms with Gasteiger partial charge in [0.2, 0.25) is 0 Å². The zero-order chi connectivity index (χ0) is 16.8. The standard InChI is InChI=1S/C24H38/c1-3-5-6-7-8-20-11-14-24-18-23(16-15-22(24)17-20)21-12-9-19(4-2)10-13-21/h15-16,18-21H,3-14,17H2,1-2H3. The van der Waals surface area contributed by atoms with Crippen molar-refractivity contribution >= 4 is 0 Å². The summed E-state index contributed by atoms with van der Waals surface area (Å²) >= 11 is 0. The molecule has 0 radical (unpaired) electrons. The molecule has 24 heavy (non-hydrogen) atoms. The molecule has 0 heteroatoms. The zero-order valence-electron chi connectivity index (χ0n) is 16.2. The van der Waals surface area contributed by atoms with Crippen LogP contribution in [-0.2, 0) is 12.8 Å². The highest BCUT2D eigenvalue weighted by molar-refractivity contribution is 5.36. The van der Waals surface area contributed by atoms with E-state index in [4.69, 9.17) is 0 Å². The van der Waals surface area contributed by atoms with Gasteiger partial charge in [-0.25, -0.2) is 0 Å². The Morgan fingerprint density at radius 3 is 2.42 bits per heavy atom. The van der Waals surface area contributed by atoms with Crippen molar-refractivity contribution in [3.05, 3.63) is 34.9 Å². The first-order valence-electron chi connectivity index (χ1n) is 10.9. The Morgan fingerprint density at radius 2 is 1.67 bits per heavy atom. The molecule has 1 unspecified atom stereocenters. The van der Waals surface area contributed by atoms with E-state index >= 15 is 0 Å². The number of hydrogen-bond donors (Lipinski definition) is 0. The third-order valence-electron chi connectivity index (χ3n) is 6.92. The van der Waals surface area contributed by atoms with Gasteiger partial charge in [0, 0.05) is 0 Å². The van der Waals surface area contributed by atoms with Gasteiger partial charge in [0.1, 0.15) is 0 Å². The summed E-state index contributed by atoms with van der Waals surface area (Å²) < 4.78 is 0. The molecule has 1 fully saturated rings. The second-order valence-electron chi connectivity index (χ2n) is 8.61. The van der Waals surface area contributed by atoms with E-state index in [-0.39, 0.29) is 0 Å². The normalized spacial score (nSPS) is 27.0. The van der Waals surface area contributed by atoms with Gasteiger partial charge in [-0.15, -0.1) is 0 Å². The third kappa shape index (κ3) is 4.64. The highest BCUT2D eigenvalue weighted by atomic mass is 14.3. The van der Waals surface area contributed by atoms with Crippen molar-refractivity contribution in [3.63, 3.8) is 0 Å². The molecule has 0 amide bonds. The van der Waals surface area contributed by atoms with Crippen molar-refractivity contribution in [2.45, 2.75) is 103 Å². The number of benzene rings is 1. The third-order valence-corrected chi connectivity index (χ3v) is 6.92. The van der Waals surface area contributed by atoms with Gasteiger partial charge in [-0.05, 0) is 79.4 Å². The number of rotatable bonds is 7. The molecule has 134 valence electrons. The van der Waals surface area contributed by atoms with E-state index in [2.05, 4.69) is 32.0 Å². The van der Waals surface area contributed by atoms with E-state index in [0.717, 1.165) is 17.8 Å². The van der Waals surface area contributed by atoms with Crippen LogP contribution >= 0.6 is 0 Å². The van der Waals surface area contributed by atoms with Crippen LogP contribution in [0.2, 0.25) is 0 Å². The smallest absolute Gasteiger partial charge is 0.0162 e. The van der Waals surface area contributed by atoms with Crippen molar-refractivity contribution in [2.75, 3.05) is 0 Å². The molecule has 0 N–H and O–H groups in total. The van der Waals surface area contributed by atoms with Gasteiger partial charge < -0.3 is 0 Å². The maximum absolute atomic E-state index is 2.60. The topological polar surface area (TPSA) is 0 Å². The maximum atomic E-state index is 2.60. The Kier molecular flexibility index (Phi) is 6.81. The minimum Gasteiger partial charge on any atom is -0.0654 e. The lowest BCUT2D eigenvalue weighted by Crippen LogP contribution is -2.16. The Labute approximate surface area is 150 Å². The highest BCUT2D eigenvalue weighted by Gasteiger charge is 2.23. The first kappa shape index (κ1) is 18.0. The van der Waals surface area contributed by atoms with Gasteiger partial charge in [-0.1, -0.05) is 70.6 Å². The summed E-state index contributed by atoms with van der Waals surface area (Å²) in [6.07, 6.45) is 18.4. The lowest BCUT2D eigenvalue weighted by molar-refractivity contribution is 0.318. The van der Waals surface area contributed by atoms with E-state index in [1.165, 1.54) is 83.5 Å². The molecule has 0 aliphatic heterocycles. The molecule has 0 nitrogen and oxygen atoms in total. The van der Waals surface area contributed by atoms with Crippen LogP contribution in [0.5, 0.6) is 0 Å². The molecular formula is C24H38. The summed E-state index contributed by atoms with van der Waals surface area (Å²) in [6, 6.07) is 7.57. The fraction of sp³-hybridized carbons (Fsp3) is 0.750. The van der Waals surface area contributed by atoms with Gasteiger partial charge in [0.05, 0.1) is 0 Å². The van der Waals surface area contributed by atoms with Crippen molar-refractivity contribution in [2.24, 2.45) is 11.8 Å². The molecule has 1 aromatic carbocycles. The van der Waals surface area contributed by atoms with Gasteiger partial charge in [-0.3, -0.25) is 0 Å². The molecule has 1 aromatic rings. The van der Waals surface area contributed by atoms with Crippen molar-refractivity contribution in [1.29, 1.82) is 0 Å². The fourth-order valence-electron chi connectivity index (χ4n) is 5.11. The molecule has 0 heterocycles. The quantitative estimate of drug-likeness (QED) is 0.456. The Morgan fingerprint density at radius 1 is 0.833 bits per heavy atom. The predicted molar refractivity (Wildman–Crippen MR) is 106 cm³/mol. The van der Waals surface area contributed by atoms with Crippen LogP contribution in [0.25, 0.3) is 0 Å². The van der Waals surface area contributed by atoms with E-state index in [0.29, 0.717) is 0 Å². The molecule has 1 atom stereocenters. The van der Waals surface area contributed by atoms with E-state index in [9.17, 15) is 0 Å². The van der Waals surface area contributed by atoms with Gasteiger partial charge >= 0.3 is 0 Å². The Balaban J connectivity index is 1.54. The Bertz CT molecular complexity index is 493. The summed E-state index contributed by atoms with van der Waals surface area (Å²) in [7, 11) is 0. The second kappa shape index (κ2) is 9.07. The first-order valence-corrected chi connectivity index (χ1v) is 10.9. The first-order chi connectivity index (χ1) is 11.8. The molecule has 2 aliphatic rings. The van der Waals surface area contributed by atoms with E-state index in [1.54, 1.807) is 16.7 Å². The number of unbranched alkanes of at least 4 members (excludes halogenated alkanes) is 3. The van der Waals surface area contributed by atoms with Gasteiger partial charge in [0.15, 0.2) is 0 Å². The predicted octanol–water partition coefficient (Wildman–Crippen LogP) is 7.45. The monoisotopic (exact) mass is 326 g/mol. The second-order valence-corrected chi connectivity index (χ2v) is 8.61. The van der Waals surface area contributed by atoms with Crippen LogP contribution in [0.4, 0.5) is 0 Å². The van der Waals surface area contributed by atoms with Gasteiger partial charge in [-0.2, -0.15) is 0 Å². The zero-order valence-corrected chi connectivity index (χ0v) is 16.2. The average Bonchev–Trinajstić information content (AvgIpc) is 2.65. The van der Waals surface area contributed by atoms with Crippen LogP contribution in [0.15, 0.2) is 18.2 Å². The number of fused-ring (bicyclic) bond motifs is 1. The minimum atomic E-state index is 0.852. The number of aryl methyl sites for hydroxylation is 1. The maximum Gasteiger partial charge on any atom is -0.0162 e. The van der Waals surface area contributed by atoms with Crippen LogP contribution in [0.3, 0.4) is 0 Å². The molecule has 3 rings (SSSR count). The average molecular weight is 327 g/mol. The molecule has 0 saturated heterocycles. The molecular weight excluding hydrogens is 288 g/mol.